The van der Waals surface area contributed by atoms with Gasteiger partial charge in [-0.2, -0.15) is 0 Å². The van der Waals surface area contributed by atoms with Crippen LogP contribution in [0.15, 0.2) is 53.5 Å². The van der Waals surface area contributed by atoms with Crippen LogP contribution in [0.2, 0.25) is 0 Å². The topological polar surface area (TPSA) is 95.4 Å². The number of unbranched alkanes of at least 4 members (excludes halogenated alkanes) is 1. The van der Waals surface area contributed by atoms with Crippen molar-refractivity contribution in [1.29, 1.82) is 0 Å². The summed E-state index contributed by atoms with van der Waals surface area (Å²) in [5, 5.41) is 16.5. The van der Waals surface area contributed by atoms with E-state index in [0.29, 0.717) is 17.5 Å². The molecule has 0 aliphatic carbocycles. The van der Waals surface area contributed by atoms with Gasteiger partial charge in [0.25, 0.3) is 5.89 Å². The first-order valence-electron chi connectivity index (χ1n) is 8.45. The average Bonchev–Trinajstić information content (AvgIpc) is 3.37. The van der Waals surface area contributed by atoms with Crippen LogP contribution in [0, 0.1) is 0 Å². The molecule has 1 aromatic carbocycles. The third kappa shape index (κ3) is 3.34. The van der Waals surface area contributed by atoms with Gasteiger partial charge in [0.05, 0.1) is 23.8 Å². The Hall–Kier alpha value is -3.42. The second-order valence-electron chi connectivity index (χ2n) is 5.81. The van der Waals surface area contributed by atoms with Crippen molar-refractivity contribution in [3.63, 3.8) is 0 Å². The molecule has 26 heavy (non-hydrogen) atoms. The normalized spacial score (nSPS) is 11.0. The van der Waals surface area contributed by atoms with E-state index in [9.17, 15) is 0 Å². The van der Waals surface area contributed by atoms with Crippen molar-refractivity contribution in [3.05, 3.63) is 54.7 Å². The number of aryl methyl sites for hydroxylation is 1. The molecule has 8 nitrogen and oxygen atoms in total. The zero-order valence-corrected chi connectivity index (χ0v) is 14.3. The van der Waals surface area contributed by atoms with Crippen molar-refractivity contribution in [3.8, 4) is 28.7 Å². The molecule has 0 radical (unpaired) electrons. The van der Waals surface area contributed by atoms with Gasteiger partial charge in [-0.15, -0.1) is 15.3 Å². The molecule has 3 aromatic heterocycles. The van der Waals surface area contributed by atoms with Crippen LogP contribution < -0.4 is 0 Å². The highest BCUT2D eigenvalue weighted by Crippen LogP contribution is 2.23. The van der Waals surface area contributed by atoms with Gasteiger partial charge >= 0.3 is 0 Å². The maximum Gasteiger partial charge on any atom is 0.268 e. The Morgan fingerprint density at radius 3 is 2.62 bits per heavy atom. The molecule has 3 heterocycles. The lowest BCUT2D eigenvalue weighted by Crippen LogP contribution is -1.94. The van der Waals surface area contributed by atoms with Crippen molar-refractivity contribution in [2.24, 2.45) is 0 Å². The summed E-state index contributed by atoms with van der Waals surface area (Å²) in [7, 11) is 0. The van der Waals surface area contributed by atoms with E-state index in [1.165, 1.54) is 0 Å². The van der Waals surface area contributed by atoms with Gasteiger partial charge in [-0.05, 0) is 37.1 Å². The highest BCUT2D eigenvalue weighted by Gasteiger charge is 2.12. The van der Waals surface area contributed by atoms with Crippen molar-refractivity contribution in [1.82, 2.24) is 35.2 Å². The molecule has 0 bridgehead atoms. The summed E-state index contributed by atoms with van der Waals surface area (Å²) in [6.07, 6.45) is 9.93. The van der Waals surface area contributed by atoms with Crippen LogP contribution >= 0.6 is 0 Å². The average molecular weight is 347 g/mol. The Labute approximate surface area is 149 Å². The molecule has 0 atom stereocenters. The van der Waals surface area contributed by atoms with Gasteiger partial charge in [0.1, 0.15) is 5.69 Å². The third-order valence-electron chi connectivity index (χ3n) is 3.91. The maximum absolute atomic E-state index is 5.69. The molecular formula is C18H17N7O. The van der Waals surface area contributed by atoms with Crippen molar-refractivity contribution >= 4 is 0 Å². The summed E-state index contributed by atoms with van der Waals surface area (Å²) in [4.78, 5) is 8.16. The number of benzene rings is 1. The smallest absolute Gasteiger partial charge is 0.268 e. The second-order valence-corrected chi connectivity index (χ2v) is 5.81. The molecule has 0 aliphatic heterocycles. The Balaban J connectivity index is 1.53. The quantitative estimate of drug-likeness (QED) is 0.529. The predicted molar refractivity (Wildman–Crippen MR) is 94.3 cm³/mol. The van der Waals surface area contributed by atoms with Crippen molar-refractivity contribution < 1.29 is 4.42 Å². The monoisotopic (exact) mass is 347 g/mol. The first kappa shape index (κ1) is 16.1. The van der Waals surface area contributed by atoms with E-state index < -0.39 is 0 Å². The minimum Gasteiger partial charge on any atom is -0.415 e. The molecule has 0 saturated carbocycles. The van der Waals surface area contributed by atoms with E-state index in [1.807, 2.05) is 30.5 Å². The Kier molecular flexibility index (Phi) is 4.46. The fraction of sp³-hybridized carbons (Fsp3) is 0.222. The summed E-state index contributed by atoms with van der Waals surface area (Å²) < 4.78 is 7.46. The molecule has 0 N–H and O–H groups in total. The minimum atomic E-state index is 0.342. The van der Waals surface area contributed by atoms with Crippen molar-refractivity contribution in [2.45, 2.75) is 26.2 Å². The highest BCUT2D eigenvalue weighted by molar-refractivity contribution is 5.57. The number of hydrogen-bond acceptors (Lipinski definition) is 7. The molecule has 0 saturated heterocycles. The second kappa shape index (κ2) is 7.22. The number of nitrogens with zero attached hydrogens (tertiary/aromatic N) is 7. The van der Waals surface area contributed by atoms with Crippen LogP contribution in [0.1, 0.15) is 25.5 Å². The molecule has 0 unspecified atom stereocenters. The number of hydrogen-bond donors (Lipinski definition) is 0. The van der Waals surface area contributed by atoms with Crippen LogP contribution in [-0.4, -0.2) is 35.2 Å². The Morgan fingerprint density at radius 2 is 1.85 bits per heavy atom. The third-order valence-corrected chi connectivity index (χ3v) is 3.91. The van der Waals surface area contributed by atoms with Crippen LogP contribution in [0.25, 0.3) is 28.7 Å². The number of rotatable bonds is 6. The Morgan fingerprint density at radius 1 is 1.00 bits per heavy atom. The molecule has 0 aliphatic rings. The first-order valence-corrected chi connectivity index (χ1v) is 8.45. The molecule has 0 spiro atoms. The zero-order valence-electron chi connectivity index (χ0n) is 14.3. The SMILES string of the molecule is CCCCc1cn(-c2ccc(-c3nnc(-c4cnccn4)o3)cc2)nn1. The van der Waals surface area contributed by atoms with E-state index in [2.05, 4.69) is 37.4 Å². The molecule has 4 rings (SSSR count). The lowest BCUT2D eigenvalue weighted by Gasteiger charge is -2.00. The van der Waals surface area contributed by atoms with Gasteiger partial charge < -0.3 is 4.42 Å². The lowest BCUT2D eigenvalue weighted by molar-refractivity contribution is 0.581. The molecule has 130 valence electrons. The van der Waals surface area contributed by atoms with E-state index in [0.717, 1.165) is 36.2 Å². The fourth-order valence-corrected chi connectivity index (χ4v) is 2.51. The van der Waals surface area contributed by atoms with Gasteiger partial charge in [-0.25, -0.2) is 9.67 Å². The van der Waals surface area contributed by atoms with Crippen LogP contribution in [-0.2, 0) is 6.42 Å². The molecule has 0 fully saturated rings. The standard InChI is InChI=1S/C18H17N7O/c1-2-3-4-14-12-25(24-21-14)15-7-5-13(6-8-15)17-22-23-18(26-17)16-11-19-9-10-20-16/h5-12H,2-4H2,1H3. The van der Waals surface area contributed by atoms with Crippen LogP contribution in [0.4, 0.5) is 0 Å². The zero-order chi connectivity index (χ0) is 17.8. The van der Waals surface area contributed by atoms with Gasteiger partial charge in [0.15, 0.2) is 0 Å². The molecule has 8 heteroatoms. The van der Waals surface area contributed by atoms with Gasteiger partial charge in [-0.3, -0.25) is 4.98 Å². The van der Waals surface area contributed by atoms with Gasteiger partial charge in [-0.1, -0.05) is 18.6 Å². The number of aromatic nitrogens is 7. The summed E-state index contributed by atoms with van der Waals surface area (Å²) >= 11 is 0. The predicted octanol–water partition coefficient (Wildman–Crippen LogP) is 3.12. The largest absolute Gasteiger partial charge is 0.415 e. The van der Waals surface area contributed by atoms with E-state index >= 15 is 0 Å². The first-order chi connectivity index (χ1) is 12.8. The van der Waals surface area contributed by atoms with E-state index in [-0.39, 0.29) is 0 Å². The summed E-state index contributed by atoms with van der Waals surface area (Å²) in [6, 6.07) is 7.72. The fourth-order valence-electron chi connectivity index (χ4n) is 2.51. The minimum absolute atomic E-state index is 0.342. The van der Waals surface area contributed by atoms with E-state index in [1.54, 1.807) is 23.3 Å². The van der Waals surface area contributed by atoms with Crippen LogP contribution in [0.5, 0.6) is 0 Å². The lowest BCUT2D eigenvalue weighted by atomic mass is 10.2. The Bertz CT molecular complexity index is 976. The van der Waals surface area contributed by atoms with Gasteiger partial charge in [0.2, 0.25) is 5.89 Å². The summed E-state index contributed by atoms with van der Waals surface area (Å²) in [5.41, 5.74) is 3.30. The summed E-state index contributed by atoms with van der Waals surface area (Å²) in [6.45, 7) is 2.16. The molecular weight excluding hydrogens is 330 g/mol. The molecule has 4 aromatic rings. The maximum atomic E-state index is 5.69. The van der Waals surface area contributed by atoms with E-state index in [4.69, 9.17) is 4.42 Å². The van der Waals surface area contributed by atoms with Gasteiger partial charge in [0, 0.05) is 18.0 Å². The van der Waals surface area contributed by atoms with Crippen molar-refractivity contribution in [2.75, 3.05) is 0 Å². The molecule has 0 amide bonds. The highest BCUT2D eigenvalue weighted by atomic mass is 16.4. The van der Waals surface area contributed by atoms with Crippen LogP contribution in [0.3, 0.4) is 0 Å². The summed E-state index contributed by atoms with van der Waals surface area (Å²) in [5.74, 6) is 0.772.